The summed E-state index contributed by atoms with van der Waals surface area (Å²) in [5, 5.41) is 9.59. The predicted octanol–water partition coefficient (Wildman–Crippen LogP) is 4.81. The van der Waals surface area contributed by atoms with Crippen LogP contribution in [0.15, 0.2) is 46.5 Å². The molecule has 1 aromatic carbocycles. The fraction of sp³-hybridized carbons (Fsp3) is 0.263. The van der Waals surface area contributed by atoms with Crippen molar-refractivity contribution in [3.63, 3.8) is 0 Å². The molecule has 2 heterocycles. The van der Waals surface area contributed by atoms with Gasteiger partial charge in [0.2, 0.25) is 5.91 Å². The number of alkyl halides is 3. The summed E-state index contributed by atoms with van der Waals surface area (Å²) < 4.78 is 40.8. The highest BCUT2D eigenvalue weighted by Gasteiger charge is 2.27. The minimum atomic E-state index is -4.33. The van der Waals surface area contributed by atoms with Crippen molar-refractivity contribution in [2.45, 2.75) is 25.7 Å². The minimum Gasteiger partial charge on any atom is -0.367 e. The third kappa shape index (κ3) is 6.43. The van der Waals surface area contributed by atoms with Crippen LogP contribution in [0.5, 0.6) is 0 Å². The van der Waals surface area contributed by atoms with Gasteiger partial charge < -0.3 is 10.1 Å². The van der Waals surface area contributed by atoms with Gasteiger partial charge in [0.05, 0.1) is 18.7 Å². The topological polar surface area (TPSA) is 51.2 Å². The summed E-state index contributed by atoms with van der Waals surface area (Å²) in [6.07, 6.45) is -4.13. The third-order valence-corrected chi connectivity index (χ3v) is 5.33. The molecule has 0 radical (unpaired) electrons. The Labute approximate surface area is 168 Å². The van der Waals surface area contributed by atoms with E-state index in [1.807, 2.05) is 22.2 Å². The molecule has 0 saturated carbocycles. The Hall–Kier alpha value is -2.23. The molecule has 1 N–H and O–H groups in total. The molecule has 2 aromatic heterocycles. The van der Waals surface area contributed by atoms with E-state index >= 15 is 0 Å². The van der Waals surface area contributed by atoms with Crippen LogP contribution in [0.1, 0.15) is 16.8 Å². The molecular weight excluding hydrogens is 409 g/mol. The number of thiophene rings is 1. The van der Waals surface area contributed by atoms with E-state index in [9.17, 15) is 18.0 Å². The quantitative estimate of drug-likeness (QED) is 0.562. The first kappa shape index (κ1) is 20.5. The monoisotopic (exact) mass is 426 g/mol. The van der Waals surface area contributed by atoms with Crippen LogP contribution in [0.3, 0.4) is 0 Å². The lowest BCUT2D eigenvalue weighted by Gasteiger charge is -2.08. The molecule has 0 saturated heterocycles. The number of hydrogen-bond donors (Lipinski definition) is 1. The van der Waals surface area contributed by atoms with Crippen LogP contribution < -0.4 is 5.32 Å². The number of nitrogens with one attached hydrogen (secondary N) is 1. The maximum atomic E-state index is 12.1. The van der Waals surface area contributed by atoms with Gasteiger partial charge in [-0.2, -0.15) is 24.5 Å². The Bertz CT molecular complexity index is 891. The number of benzene rings is 1. The predicted molar refractivity (Wildman–Crippen MR) is 103 cm³/mol. The Kier molecular flexibility index (Phi) is 6.82. The lowest BCUT2D eigenvalue weighted by Crippen LogP contribution is -2.24. The molecular formula is C19H17F3N2O2S2. The van der Waals surface area contributed by atoms with Gasteiger partial charge in [-0.05, 0) is 22.6 Å². The van der Waals surface area contributed by atoms with Gasteiger partial charge in [-0.1, -0.05) is 24.3 Å². The van der Waals surface area contributed by atoms with Gasteiger partial charge in [-0.3, -0.25) is 4.79 Å². The maximum absolute atomic E-state index is 12.1. The summed E-state index contributed by atoms with van der Waals surface area (Å²) in [5.74, 6) is -0.139. The molecule has 0 aliphatic rings. The molecule has 1 amide bonds. The van der Waals surface area contributed by atoms with Crippen molar-refractivity contribution < 1.29 is 22.7 Å². The lowest BCUT2D eigenvalue weighted by atomic mass is 10.1. The normalized spacial score (nSPS) is 11.5. The molecule has 3 aromatic rings. The number of ether oxygens (including phenoxy) is 1. The van der Waals surface area contributed by atoms with Crippen molar-refractivity contribution in [1.29, 1.82) is 0 Å². The first-order chi connectivity index (χ1) is 13.4. The zero-order valence-corrected chi connectivity index (χ0v) is 16.3. The Morgan fingerprint density at radius 2 is 1.86 bits per heavy atom. The summed E-state index contributed by atoms with van der Waals surface area (Å²) in [6.45, 7) is -1.04. The molecule has 148 valence electrons. The second kappa shape index (κ2) is 9.31. The second-order valence-corrected chi connectivity index (χ2v) is 7.67. The highest BCUT2D eigenvalue weighted by atomic mass is 32.1. The summed E-state index contributed by atoms with van der Waals surface area (Å²) >= 11 is 3.11. The SMILES string of the molecule is O=C(Cc1csc(-c2ccsc2)n1)NCc1ccc(COCC(F)(F)F)cc1. The van der Waals surface area contributed by atoms with E-state index in [1.165, 1.54) is 11.3 Å². The van der Waals surface area contributed by atoms with E-state index < -0.39 is 12.8 Å². The number of aromatic nitrogens is 1. The fourth-order valence-corrected chi connectivity index (χ4v) is 3.90. The van der Waals surface area contributed by atoms with E-state index in [1.54, 1.807) is 35.6 Å². The van der Waals surface area contributed by atoms with Crippen LogP contribution in [0.4, 0.5) is 13.2 Å². The molecule has 0 atom stereocenters. The first-order valence-corrected chi connectivity index (χ1v) is 10.2. The van der Waals surface area contributed by atoms with Crippen LogP contribution >= 0.6 is 22.7 Å². The van der Waals surface area contributed by atoms with Gasteiger partial charge in [0, 0.05) is 22.9 Å². The Balaban J connectivity index is 1.43. The van der Waals surface area contributed by atoms with Crippen molar-refractivity contribution in [2.75, 3.05) is 6.61 Å². The van der Waals surface area contributed by atoms with E-state index in [4.69, 9.17) is 0 Å². The van der Waals surface area contributed by atoms with Gasteiger partial charge in [0.25, 0.3) is 0 Å². The molecule has 4 nitrogen and oxygen atoms in total. The number of halogens is 3. The van der Waals surface area contributed by atoms with Crippen molar-refractivity contribution in [1.82, 2.24) is 10.3 Å². The molecule has 3 rings (SSSR count). The van der Waals surface area contributed by atoms with Gasteiger partial charge >= 0.3 is 6.18 Å². The average molecular weight is 426 g/mol. The largest absolute Gasteiger partial charge is 0.411 e. The van der Waals surface area contributed by atoms with Crippen molar-refractivity contribution >= 4 is 28.6 Å². The van der Waals surface area contributed by atoms with Crippen LogP contribution in [0.25, 0.3) is 10.6 Å². The number of rotatable bonds is 8. The number of amides is 1. The standard InChI is InChI=1S/C19H17F3N2O2S2/c20-19(21,22)12-26-9-14-3-1-13(2-4-14)8-23-17(25)7-16-11-28-18(24-16)15-5-6-27-10-15/h1-6,10-11H,7-9,12H2,(H,23,25). The summed E-state index contributed by atoms with van der Waals surface area (Å²) in [7, 11) is 0. The molecule has 28 heavy (non-hydrogen) atoms. The molecule has 0 unspecified atom stereocenters. The van der Waals surface area contributed by atoms with E-state index in [0.717, 1.165) is 21.8 Å². The van der Waals surface area contributed by atoms with E-state index in [-0.39, 0.29) is 18.9 Å². The number of carbonyl (C=O) groups is 1. The fourth-order valence-electron chi connectivity index (χ4n) is 2.37. The van der Waals surface area contributed by atoms with Gasteiger partial charge in [-0.15, -0.1) is 11.3 Å². The molecule has 0 aliphatic carbocycles. The summed E-state index contributed by atoms with van der Waals surface area (Å²) in [6, 6.07) is 8.87. The van der Waals surface area contributed by atoms with E-state index in [2.05, 4.69) is 15.0 Å². The Morgan fingerprint density at radius 1 is 1.11 bits per heavy atom. The van der Waals surface area contributed by atoms with Gasteiger partial charge in [0.15, 0.2) is 0 Å². The highest BCUT2D eigenvalue weighted by Crippen LogP contribution is 2.25. The summed E-state index contributed by atoms with van der Waals surface area (Å²) in [5.41, 5.74) is 3.27. The number of carbonyl (C=O) groups excluding carboxylic acids is 1. The van der Waals surface area contributed by atoms with Crippen LogP contribution in [-0.4, -0.2) is 23.7 Å². The molecule has 0 bridgehead atoms. The van der Waals surface area contributed by atoms with Crippen molar-refractivity contribution in [2.24, 2.45) is 0 Å². The first-order valence-electron chi connectivity index (χ1n) is 8.35. The van der Waals surface area contributed by atoms with Gasteiger partial charge in [-0.25, -0.2) is 4.98 Å². The highest BCUT2D eigenvalue weighted by molar-refractivity contribution is 7.14. The number of nitrogens with zero attached hydrogens (tertiary/aromatic N) is 1. The van der Waals surface area contributed by atoms with Crippen LogP contribution in [0, 0.1) is 0 Å². The number of hydrogen-bond acceptors (Lipinski definition) is 5. The number of thiazole rings is 1. The zero-order valence-electron chi connectivity index (χ0n) is 14.7. The third-order valence-electron chi connectivity index (χ3n) is 3.71. The summed E-state index contributed by atoms with van der Waals surface area (Å²) in [4.78, 5) is 16.6. The molecule has 0 fully saturated rings. The van der Waals surface area contributed by atoms with Gasteiger partial charge in [0.1, 0.15) is 11.6 Å². The van der Waals surface area contributed by atoms with Crippen molar-refractivity contribution in [3.05, 3.63) is 63.3 Å². The van der Waals surface area contributed by atoms with Crippen molar-refractivity contribution in [3.8, 4) is 10.6 Å². The van der Waals surface area contributed by atoms with Crippen LogP contribution in [0.2, 0.25) is 0 Å². The smallest absolute Gasteiger partial charge is 0.367 e. The molecule has 0 spiro atoms. The maximum Gasteiger partial charge on any atom is 0.411 e. The van der Waals surface area contributed by atoms with Crippen LogP contribution in [-0.2, 0) is 29.1 Å². The minimum absolute atomic E-state index is 0.109. The molecule has 0 aliphatic heterocycles. The Morgan fingerprint density at radius 3 is 2.54 bits per heavy atom. The zero-order chi connectivity index (χ0) is 20.0. The molecule has 9 heteroatoms. The van der Waals surface area contributed by atoms with E-state index in [0.29, 0.717) is 12.1 Å². The average Bonchev–Trinajstić information content (AvgIpc) is 3.31. The lowest BCUT2D eigenvalue weighted by molar-refractivity contribution is -0.176. The second-order valence-electron chi connectivity index (χ2n) is 6.03.